The summed E-state index contributed by atoms with van der Waals surface area (Å²) in [7, 11) is 1.97. The number of benzene rings is 1. The quantitative estimate of drug-likeness (QED) is 0.477. The number of nitrogens with zero attached hydrogens (tertiary/aromatic N) is 3. The van der Waals surface area contributed by atoms with E-state index in [-0.39, 0.29) is 0 Å². The maximum Gasteiger partial charge on any atom is 0.202 e. The molecule has 0 aliphatic carbocycles. The van der Waals surface area contributed by atoms with Crippen molar-refractivity contribution < 1.29 is 4.90 Å². The Morgan fingerprint density at radius 3 is 2.73 bits per heavy atom. The highest BCUT2D eigenvalue weighted by Crippen LogP contribution is 2.22. The molecule has 1 atom stereocenters. The van der Waals surface area contributed by atoms with Crippen molar-refractivity contribution in [3.63, 3.8) is 0 Å². The second-order valence-corrected chi connectivity index (χ2v) is 8.43. The van der Waals surface area contributed by atoms with E-state index in [2.05, 4.69) is 31.7 Å². The van der Waals surface area contributed by atoms with Crippen molar-refractivity contribution in [3.8, 4) is 11.4 Å². The monoisotopic (exact) mass is 405 g/mol. The molecule has 26 heavy (non-hydrogen) atoms. The fourth-order valence-electron chi connectivity index (χ4n) is 2.95. The van der Waals surface area contributed by atoms with Gasteiger partial charge in [-0.15, -0.1) is 16.4 Å². The average Bonchev–Trinajstić information content (AvgIpc) is 3.14. The van der Waals surface area contributed by atoms with Gasteiger partial charge in [0.2, 0.25) is 4.77 Å². The first-order valence-corrected chi connectivity index (χ1v) is 9.98. The topological polar surface area (TPSA) is 27.2 Å². The summed E-state index contributed by atoms with van der Waals surface area (Å²) in [6.07, 6.45) is 1.93. The SMILES string of the molecule is C=CC[NH+](Cc1ccc(Cl)s1)Cn1nc(-c2ccccc2C)n(C)c1=S. The van der Waals surface area contributed by atoms with Crippen molar-refractivity contribution in [1.82, 2.24) is 14.3 Å². The van der Waals surface area contributed by atoms with Gasteiger partial charge < -0.3 is 9.47 Å². The van der Waals surface area contributed by atoms with Crippen molar-refractivity contribution in [3.05, 3.63) is 68.6 Å². The van der Waals surface area contributed by atoms with Crippen LogP contribution < -0.4 is 4.90 Å². The van der Waals surface area contributed by atoms with Crippen LogP contribution in [0, 0.1) is 11.7 Å². The molecule has 0 saturated heterocycles. The summed E-state index contributed by atoms with van der Waals surface area (Å²) < 4.78 is 5.42. The van der Waals surface area contributed by atoms with E-state index in [0.29, 0.717) is 11.4 Å². The van der Waals surface area contributed by atoms with Crippen LogP contribution >= 0.6 is 35.2 Å². The number of aromatic nitrogens is 3. The number of nitrogens with one attached hydrogen (secondary N) is 1. The van der Waals surface area contributed by atoms with Crippen molar-refractivity contribution >= 4 is 35.2 Å². The summed E-state index contributed by atoms with van der Waals surface area (Å²) in [4.78, 5) is 2.55. The van der Waals surface area contributed by atoms with Gasteiger partial charge in [-0.3, -0.25) is 0 Å². The molecule has 2 aromatic heterocycles. The lowest BCUT2D eigenvalue weighted by atomic mass is 10.1. The van der Waals surface area contributed by atoms with Gasteiger partial charge in [-0.1, -0.05) is 42.4 Å². The maximum atomic E-state index is 6.06. The van der Waals surface area contributed by atoms with E-state index in [1.165, 1.54) is 15.3 Å². The summed E-state index contributed by atoms with van der Waals surface area (Å²) in [5.41, 5.74) is 2.29. The fraction of sp³-hybridized carbons (Fsp3) is 0.263. The minimum Gasteiger partial charge on any atom is -0.309 e. The van der Waals surface area contributed by atoms with E-state index >= 15 is 0 Å². The number of hydrogen-bond donors (Lipinski definition) is 1. The zero-order valence-electron chi connectivity index (χ0n) is 14.9. The van der Waals surface area contributed by atoms with Gasteiger partial charge in [0.25, 0.3) is 0 Å². The Balaban J connectivity index is 1.88. The van der Waals surface area contributed by atoms with Gasteiger partial charge in [0.05, 0.1) is 15.8 Å². The molecule has 7 heteroatoms. The summed E-state index contributed by atoms with van der Waals surface area (Å²) in [6, 6.07) is 12.3. The molecule has 2 heterocycles. The molecule has 136 valence electrons. The van der Waals surface area contributed by atoms with Crippen molar-refractivity contribution in [2.75, 3.05) is 6.54 Å². The first-order valence-electron chi connectivity index (χ1n) is 8.38. The molecule has 1 unspecified atom stereocenters. The lowest BCUT2D eigenvalue weighted by Crippen LogP contribution is -3.09. The summed E-state index contributed by atoms with van der Waals surface area (Å²) >= 11 is 13.3. The highest BCUT2D eigenvalue weighted by molar-refractivity contribution is 7.71. The van der Waals surface area contributed by atoms with Crippen LogP contribution in [-0.4, -0.2) is 20.9 Å². The lowest BCUT2D eigenvalue weighted by Gasteiger charge is -2.16. The van der Waals surface area contributed by atoms with Crippen LogP contribution in [0.1, 0.15) is 10.4 Å². The predicted octanol–water partition coefficient (Wildman–Crippen LogP) is 3.87. The second-order valence-electron chi connectivity index (χ2n) is 6.26. The van der Waals surface area contributed by atoms with Gasteiger partial charge in [0.15, 0.2) is 12.5 Å². The normalized spacial score (nSPS) is 12.3. The van der Waals surface area contributed by atoms with Gasteiger partial charge in [-0.2, -0.15) is 4.68 Å². The Hall–Kier alpha value is -1.73. The third kappa shape index (κ3) is 4.15. The molecule has 0 saturated carbocycles. The number of rotatable bonds is 7. The first-order chi connectivity index (χ1) is 12.5. The van der Waals surface area contributed by atoms with Gasteiger partial charge in [0.1, 0.15) is 6.54 Å². The number of halogens is 1. The minimum atomic E-state index is 0.681. The second kappa shape index (κ2) is 8.31. The summed E-state index contributed by atoms with van der Waals surface area (Å²) in [5.74, 6) is 0.894. The molecule has 0 aliphatic rings. The molecule has 0 bridgehead atoms. The largest absolute Gasteiger partial charge is 0.309 e. The average molecular weight is 406 g/mol. The Bertz CT molecular complexity index is 970. The molecule has 4 nitrogen and oxygen atoms in total. The fourth-order valence-corrected chi connectivity index (χ4v) is 4.30. The maximum absolute atomic E-state index is 6.06. The molecule has 0 spiro atoms. The van der Waals surface area contributed by atoms with Gasteiger partial charge >= 0.3 is 0 Å². The van der Waals surface area contributed by atoms with E-state index in [1.807, 2.05) is 40.6 Å². The molecule has 0 amide bonds. The molecule has 0 aliphatic heterocycles. The van der Waals surface area contributed by atoms with Crippen LogP contribution in [0.25, 0.3) is 11.4 Å². The predicted molar refractivity (Wildman–Crippen MR) is 111 cm³/mol. The van der Waals surface area contributed by atoms with E-state index in [0.717, 1.165) is 28.8 Å². The summed E-state index contributed by atoms with van der Waals surface area (Å²) in [5, 5.41) is 4.81. The van der Waals surface area contributed by atoms with Crippen LogP contribution in [0.2, 0.25) is 4.34 Å². The highest BCUT2D eigenvalue weighted by Gasteiger charge is 2.16. The zero-order chi connectivity index (χ0) is 18.7. The van der Waals surface area contributed by atoms with E-state index < -0.39 is 0 Å². The van der Waals surface area contributed by atoms with E-state index in [9.17, 15) is 0 Å². The Morgan fingerprint density at radius 2 is 2.08 bits per heavy atom. The van der Waals surface area contributed by atoms with E-state index in [1.54, 1.807) is 11.3 Å². The molecule has 1 aromatic carbocycles. The third-order valence-electron chi connectivity index (χ3n) is 4.29. The molecule has 3 aromatic rings. The van der Waals surface area contributed by atoms with Crippen LogP contribution in [0.3, 0.4) is 0 Å². The molecule has 3 rings (SSSR count). The minimum absolute atomic E-state index is 0.681. The standard InChI is InChI=1S/C19H21ClN4S2/c1-4-11-23(12-15-9-10-17(20)26-15)13-24-19(25)22(3)18(21-24)16-8-6-5-7-14(16)2/h4-10H,1,11-13H2,2-3H3/p+1. The highest BCUT2D eigenvalue weighted by atomic mass is 35.5. The van der Waals surface area contributed by atoms with Gasteiger partial charge in [-0.05, 0) is 42.9 Å². The lowest BCUT2D eigenvalue weighted by molar-refractivity contribution is -0.931. The third-order valence-corrected chi connectivity index (χ3v) is 6.00. The van der Waals surface area contributed by atoms with Gasteiger partial charge in [-0.25, -0.2) is 0 Å². The van der Waals surface area contributed by atoms with Crippen LogP contribution in [0.4, 0.5) is 0 Å². The van der Waals surface area contributed by atoms with Crippen molar-refractivity contribution in [2.24, 2.45) is 7.05 Å². The van der Waals surface area contributed by atoms with Crippen LogP contribution in [0.5, 0.6) is 0 Å². The molecule has 0 fully saturated rings. The number of hydrogen-bond acceptors (Lipinski definition) is 3. The van der Waals surface area contributed by atoms with E-state index in [4.69, 9.17) is 28.9 Å². The zero-order valence-corrected chi connectivity index (χ0v) is 17.3. The Kier molecular flexibility index (Phi) is 6.09. The summed E-state index contributed by atoms with van der Waals surface area (Å²) in [6.45, 7) is 8.35. The molecule has 0 radical (unpaired) electrons. The molecular formula is C19H22ClN4S2+. The van der Waals surface area contributed by atoms with Gasteiger partial charge in [0, 0.05) is 12.6 Å². The van der Waals surface area contributed by atoms with Crippen LogP contribution in [-0.2, 0) is 20.3 Å². The Labute approximate surface area is 168 Å². The number of thiophene rings is 1. The van der Waals surface area contributed by atoms with Crippen molar-refractivity contribution in [2.45, 2.75) is 20.1 Å². The first kappa shape index (κ1) is 19.0. The molecular weight excluding hydrogens is 384 g/mol. The van der Waals surface area contributed by atoms with Crippen LogP contribution in [0.15, 0.2) is 49.1 Å². The number of quaternary nitrogens is 1. The van der Waals surface area contributed by atoms with Crippen molar-refractivity contribution in [1.29, 1.82) is 0 Å². The molecule has 1 N–H and O–H groups in total. The smallest absolute Gasteiger partial charge is 0.202 e. The Morgan fingerprint density at radius 1 is 1.31 bits per heavy atom. The number of aryl methyl sites for hydroxylation is 1.